The molecule has 104 valence electrons. The maximum atomic E-state index is 11.8. The summed E-state index contributed by atoms with van der Waals surface area (Å²) in [6.45, 7) is 4.39. The third kappa shape index (κ3) is 4.27. The van der Waals surface area contributed by atoms with Crippen molar-refractivity contribution in [3.63, 3.8) is 0 Å². The Kier molecular flexibility index (Phi) is 5.10. The molecule has 1 aliphatic rings. The van der Waals surface area contributed by atoms with Crippen LogP contribution in [0.2, 0.25) is 0 Å². The summed E-state index contributed by atoms with van der Waals surface area (Å²) in [5, 5.41) is 20.4. The number of aliphatic hydroxyl groups is 1. The lowest BCUT2D eigenvalue weighted by atomic mass is 9.89. The lowest BCUT2D eigenvalue weighted by Gasteiger charge is -2.24. The minimum Gasteiger partial charge on any atom is -0.479 e. The second-order valence-corrected chi connectivity index (χ2v) is 5.38. The molecule has 18 heavy (non-hydrogen) atoms. The molecule has 6 heteroatoms. The fraction of sp³-hybridized carbons (Fsp3) is 0.833. The highest BCUT2D eigenvalue weighted by molar-refractivity contribution is 5.82. The van der Waals surface area contributed by atoms with E-state index in [4.69, 9.17) is 14.9 Å². The van der Waals surface area contributed by atoms with Gasteiger partial charge in [-0.05, 0) is 24.7 Å². The molecule has 3 N–H and O–H groups in total. The van der Waals surface area contributed by atoms with Gasteiger partial charge in [-0.3, -0.25) is 4.79 Å². The number of rotatable bonds is 6. The molecule has 1 fully saturated rings. The van der Waals surface area contributed by atoms with Crippen molar-refractivity contribution in [2.75, 3.05) is 13.2 Å². The van der Waals surface area contributed by atoms with E-state index in [0.717, 1.165) is 0 Å². The number of carboxylic acids is 1. The van der Waals surface area contributed by atoms with E-state index in [1.54, 1.807) is 0 Å². The normalized spacial score (nSPS) is 23.9. The number of aliphatic hydroxyl groups excluding tert-OH is 1. The second kappa shape index (κ2) is 6.15. The van der Waals surface area contributed by atoms with Gasteiger partial charge in [-0.2, -0.15) is 0 Å². The lowest BCUT2D eigenvalue weighted by molar-refractivity contribution is -0.151. The van der Waals surface area contributed by atoms with E-state index in [1.165, 1.54) is 0 Å². The predicted octanol–water partition coefficient (Wildman–Crippen LogP) is 0.143. The van der Waals surface area contributed by atoms with Gasteiger partial charge in [-0.1, -0.05) is 13.8 Å². The molecular weight excluding hydrogens is 238 g/mol. The maximum Gasteiger partial charge on any atom is 0.332 e. The number of amides is 1. The first-order valence-corrected chi connectivity index (χ1v) is 6.12. The summed E-state index contributed by atoms with van der Waals surface area (Å²) in [6.07, 6.45) is -0.144. The second-order valence-electron chi connectivity index (χ2n) is 5.38. The van der Waals surface area contributed by atoms with Gasteiger partial charge < -0.3 is 20.3 Å². The first-order chi connectivity index (χ1) is 8.35. The number of hydrogen-bond donors (Lipinski definition) is 3. The molecule has 0 aromatic carbocycles. The fourth-order valence-electron chi connectivity index (χ4n) is 1.84. The summed E-state index contributed by atoms with van der Waals surface area (Å²) in [5.74, 6) is -1.30. The van der Waals surface area contributed by atoms with Crippen LogP contribution in [0.25, 0.3) is 0 Å². The SMILES string of the molecule is CC(C)(CCO)CNC(=O)C1CCC(C(=O)O)O1. The molecule has 1 saturated heterocycles. The zero-order valence-electron chi connectivity index (χ0n) is 10.8. The van der Waals surface area contributed by atoms with Crippen LogP contribution in [0.15, 0.2) is 0 Å². The van der Waals surface area contributed by atoms with Crippen LogP contribution >= 0.6 is 0 Å². The topological polar surface area (TPSA) is 95.9 Å². The Bertz CT molecular complexity index is 316. The number of ether oxygens (including phenoxy) is 1. The molecule has 1 aliphatic heterocycles. The van der Waals surface area contributed by atoms with Crippen LogP contribution < -0.4 is 5.32 Å². The molecule has 0 aromatic rings. The van der Waals surface area contributed by atoms with Gasteiger partial charge in [-0.25, -0.2) is 4.79 Å². The Morgan fingerprint density at radius 2 is 1.94 bits per heavy atom. The number of aliphatic carboxylic acids is 1. The number of carbonyl (C=O) groups excluding carboxylic acids is 1. The molecule has 1 amide bonds. The third-order valence-electron chi connectivity index (χ3n) is 3.12. The molecule has 0 spiro atoms. The summed E-state index contributed by atoms with van der Waals surface area (Å²) in [5.41, 5.74) is -0.185. The van der Waals surface area contributed by atoms with E-state index in [1.807, 2.05) is 13.8 Å². The number of carbonyl (C=O) groups is 2. The van der Waals surface area contributed by atoms with Crippen molar-refractivity contribution >= 4 is 11.9 Å². The van der Waals surface area contributed by atoms with E-state index in [0.29, 0.717) is 25.8 Å². The van der Waals surface area contributed by atoms with E-state index >= 15 is 0 Å². The van der Waals surface area contributed by atoms with Crippen LogP contribution in [0, 0.1) is 5.41 Å². The number of nitrogens with one attached hydrogen (secondary N) is 1. The van der Waals surface area contributed by atoms with Crippen molar-refractivity contribution in [2.45, 2.75) is 45.3 Å². The first-order valence-electron chi connectivity index (χ1n) is 6.12. The molecule has 1 heterocycles. The monoisotopic (exact) mass is 259 g/mol. The Morgan fingerprint density at radius 1 is 1.33 bits per heavy atom. The van der Waals surface area contributed by atoms with Gasteiger partial charge in [0, 0.05) is 13.2 Å². The Morgan fingerprint density at radius 3 is 2.44 bits per heavy atom. The Balaban J connectivity index is 2.36. The quantitative estimate of drug-likeness (QED) is 0.630. The standard InChI is InChI=1S/C12H21NO5/c1-12(2,5-6-14)7-13-10(15)8-3-4-9(18-8)11(16)17/h8-9,14H,3-7H2,1-2H3,(H,13,15)(H,16,17). The van der Waals surface area contributed by atoms with Crippen molar-refractivity contribution in [3.8, 4) is 0 Å². The summed E-state index contributed by atoms with van der Waals surface area (Å²) in [6, 6.07) is 0. The van der Waals surface area contributed by atoms with Gasteiger partial charge in [0.25, 0.3) is 0 Å². The molecule has 0 aliphatic carbocycles. The van der Waals surface area contributed by atoms with Crippen LogP contribution in [-0.2, 0) is 14.3 Å². The van der Waals surface area contributed by atoms with Crippen molar-refractivity contribution < 1.29 is 24.5 Å². The van der Waals surface area contributed by atoms with Gasteiger partial charge in [0.15, 0.2) is 6.10 Å². The van der Waals surface area contributed by atoms with Crippen LogP contribution in [0.3, 0.4) is 0 Å². The zero-order valence-corrected chi connectivity index (χ0v) is 10.8. The Hall–Kier alpha value is -1.14. The summed E-state index contributed by atoms with van der Waals surface area (Å²) >= 11 is 0. The summed E-state index contributed by atoms with van der Waals surface area (Å²) < 4.78 is 5.15. The molecule has 0 saturated carbocycles. The third-order valence-corrected chi connectivity index (χ3v) is 3.12. The van der Waals surface area contributed by atoms with Gasteiger partial charge >= 0.3 is 5.97 Å². The summed E-state index contributed by atoms with van der Waals surface area (Å²) in [7, 11) is 0. The highest BCUT2D eigenvalue weighted by atomic mass is 16.5. The molecule has 2 unspecified atom stereocenters. The molecule has 6 nitrogen and oxygen atoms in total. The zero-order chi connectivity index (χ0) is 13.8. The average molecular weight is 259 g/mol. The van der Waals surface area contributed by atoms with Gasteiger partial charge in [-0.15, -0.1) is 0 Å². The number of hydrogen-bond acceptors (Lipinski definition) is 4. The highest BCUT2D eigenvalue weighted by Gasteiger charge is 2.35. The molecule has 0 radical (unpaired) electrons. The summed E-state index contributed by atoms with van der Waals surface area (Å²) in [4.78, 5) is 22.5. The number of carboxylic acid groups (broad SMARTS) is 1. The largest absolute Gasteiger partial charge is 0.479 e. The van der Waals surface area contributed by atoms with Crippen molar-refractivity contribution in [2.24, 2.45) is 5.41 Å². The van der Waals surface area contributed by atoms with Crippen LogP contribution in [0.1, 0.15) is 33.1 Å². The van der Waals surface area contributed by atoms with Crippen molar-refractivity contribution in [3.05, 3.63) is 0 Å². The minimum atomic E-state index is -1.02. The van der Waals surface area contributed by atoms with E-state index in [2.05, 4.69) is 5.32 Å². The van der Waals surface area contributed by atoms with Crippen molar-refractivity contribution in [1.29, 1.82) is 0 Å². The van der Waals surface area contributed by atoms with Gasteiger partial charge in [0.2, 0.25) is 5.91 Å². The molecule has 2 atom stereocenters. The van der Waals surface area contributed by atoms with Crippen LogP contribution in [0.4, 0.5) is 0 Å². The Labute approximate surface area is 106 Å². The van der Waals surface area contributed by atoms with Gasteiger partial charge in [0.05, 0.1) is 0 Å². The maximum absolute atomic E-state index is 11.8. The van der Waals surface area contributed by atoms with Crippen molar-refractivity contribution in [1.82, 2.24) is 5.32 Å². The average Bonchev–Trinajstić information content (AvgIpc) is 2.75. The lowest BCUT2D eigenvalue weighted by Crippen LogP contribution is -2.40. The van der Waals surface area contributed by atoms with Crippen LogP contribution in [0.5, 0.6) is 0 Å². The minimum absolute atomic E-state index is 0.0733. The fourth-order valence-corrected chi connectivity index (χ4v) is 1.84. The highest BCUT2D eigenvalue weighted by Crippen LogP contribution is 2.21. The first kappa shape index (κ1) is 14.9. The van der Waals surface area contributed by atoms with E-state index in [9.17, 15) is 9.59 Å². The molecular formula is C12H21NO5. The smallest absolute Gasteiger partial charge is 0.332 e. The predicted molar refractivity (Wildman–Crippen MR) is 64.0 cm³/mol. The molecule has 0 bridgehead atoms. The van der Waals surface area contributed by atoms with Gasteiger partial charge in [0.1, 0.15) is 6.10 Å². The van der Waals surface area contributed by atoms with E-state index < -0.39 is 18.2 Å². The molecule has 1 rings (SSSR count). The molecule has 0 aromatic heterocycles. The van der Waals surface area contributed by atoms with Crippen LogP contribution in [-0.4, -0.2) is 47.4 Å². The van der Waals surface area contributed by atoms with E-state index in [-0.39, 0.29) is 17.9 Å².